The highest BCUT2D eigenvalue weighted by atomic mass is 32.2. The molecule has 0 aliphatic carbocycles. The van der Waals surface area contributed by atoms with E-state index >= 15 is 0 Å². The van der Waals surface area contributed by atoms with Gasteiger partial charge in [0.2, 0.25) is 10.0 Å². The Morgan fingerprint density at radius 3 is 2.26 bits per heavy atom. The molecule has 126 valence electrons. The normalized spacial score (nSPS) is 14.0. The van der Waals surface area contributed by atoms with E-state index in [2.05, 4.69) is 4.74 Å². The zero-order valence-electron chi connectivity index (χ0n) is 12.2. The van der Waals surface area contributed by atoms with Crippen molar-refractivity contribution in [1.29, 1.82) is 0 Å². The van der Waals surface area contributed by atoms with Gasteiger partial charge in [-0.05, 0) is 42.6 Å². The van der Waals surface area contributed by atoms with E-state index in [0.29, 0.717) is 0 Å². The van der Waals surface area contributed by atoms with Crippen LogP contribution in [0.15, 0.2) is 46.7 Å². The Labute approximate surface area is 136 Å². The van der Waals surface area contributed by atoms with E-state index in [-0.39, 0.29) is 10.9 Å². The van der Waals surface area contributed by atoms with Crippen molar-refractivity contribution in [3.05, 3.63) is 46.7 Å². The van der Waals surface area contributed by atoms with Crippen LogP contribution < -0.4 is 4.74 Å². The average Bonchev–Trinajstić information content (AvgIpc) is 2.98. The van der Waals surface area contributed by atoms with Gasteiger partial charge >= 0.3 is 6.36 Å². The van der Waals surface area contributed by atoms with Crippen molar-refractivity contribution in [2.45, 2.75) is 24.2 Å². The van der Waals surface area contributed by atoms with Gasteiger partial charge in [-0.3, -0.25) is 0 Å². The molecule has 0 saturated heterocycles. The van der Waals surface area contributed by atoms with Crippen LogP contribution >= 0.6 is 11.3 Å². The van der Waals surface area contributed by atoms with Crippen LogP contribution in [0, 0.1) is 0 Å². The minimum Gasteiger partial charge on any atom is -0.406 e. The Morgan fingerprint density at radius 2 is 1.78 bits per heavy atom. The maximum absolute atomic E-state index is 12.5. The number of benzene rings is 1. The van der Waals surface area contributed by atoms with Crippen molar-refractivity contribution >= 4 is 21.4 Å². The summed E-state index contributed by atoms with van der Waals surface area (Å²) in [6, 6.07) is 7.39. The van der Waals surface area contributed by atoms with Crippen LogP contribution in [-0.2, 0) is 10.0 Å². The summed E-state index contributed by atoms with van der Waals surface area (Å²) in [6.45, 7) is 1.74. The van der Waals surface area contributed by atoms with Crippen LogP contribution in [0.25, 0.3) is 0 Å². The predicted molar refractivity (Wildman–Crippen MR) is 80.8 cm³/mol. The predicted octanol–water partition coefficient (Wildman–Crippen LogP) is 4.03. The van der Waals surface area contributed by atoms with Gasteiger partial charge in [-0.1, -0.05) is 6.07 Å². The van der Waals surface area contributed by atoms with Crippen molar-refractivity contribution in [1.82, 2.24) is 4.31 Å². The van der Waals surface area contributed by atoms with Crippen LogP contribution in [-0.4, -0.2) is 26.1 Å². The highest BCUT2D eigenvalue weighted by molar-refractivity contribution is 7.89. The lowest BCUT2D eigenvalue weighted by molar-refractivity contribution is -0.274. The number of halogens is 3. The summed E-state index contributed by atoms with van der Waals surface area (Å²) in [7, 11) is -2.39. The zero-order chi connectivity index (χ0) is 17.3. The van der Waals surface area contributed by atoms with Gasteiger partial charge in [-0.15, -0.1) is 24.5 Å². The molecule has 0 saturated carbocycles. The van der Waals surface area contributed by atoms with E-state index < -0.39 is 22.1 Å². The standard InChI is InChI=1S/C14H14F3NO3S2/c1-10(13-4-3-9-22-13)18(2)23(19,20)12-7-5-11(6-8-12)21-14(15,16)17/h3-10H,1-2H3/t10-/m1/s1. The molecular formula is C14H14F3NO3S2. The topological polar surface area (TPSA) is 46.6 Å². The molecule has 0 spiro atoms. The molecule has 0 fully saturated rings. The van der Waals surface area contributed by atoms with Gasteiger partial charge in [-0.25, -0.2) is 8.42 Å². The summed E-state index contributed by atoms with van der Waals surface area (Å²) in [4.78, 5) is 0.769. The molecule has 1 heterocycles. The summed E-state index contributed by atoms with van der Waals surface area (Å²) >= 11 is 1.43. The molecule has 2 aromatic rings. The van der Waals surface area contributed by atoms with Gasteiger partial charge in [0.05, 0.1) is 10.9 Å². The third-order valence-electron chi connectivity index (χ3n) is 3.23. The van der Waals surface area contributed by atoms with E-state index in [1.165, 1.54) is 22.7 Å². The Bertz CT molecular complexity index is 741. The molecule has 0 bridgehead atoms. The second-order valence-electron chi connectivity index (χ2n) is 4.73. The van der Waals surface area contributed by atoms with Crippen molar-refractivity contribution < 1.29 is 26.3 Å². The Morgan fingerprint density at radius 1 is 1.17 bits per heavy atom. The van der Waals surface area contributed by atoms with Crippen LogP contribution in [0.2, 0.25) is 0 Å². The van der Waals surface area contributed by atoms with E-state index in [0.717, 1.165) is 29.1 Å². The molecular weight excluding hydrogens is 351 g/mol. The molecule has 0 aliphatic heterocycles. The first kappa shape index (κ1) is 17.8. The molecule has 2 rings (SSSR count). The first-order chi connectivity index (χ1) is 10.6. The second kappa shape index (κ2) is 6.50. The van der Waals surface area contributed by atoms with Gasteiger partial charge < -0.3 is 4.74 Å². The van der Waals surface area contributed by atoms with E-state index in [1.807, 2.05) is 17.5 Å². The number of ether oxygens (including phenoxy) is 1. The lowest BCUT2D eigenvalue weighted by Crippen LogP contribution is -2.29. The number of nitrogens with zero attached hydrogens (tertiary/aromatic N) is 1. The lowest BCUT2D eigenvalue weighted by Gasteiger charge is -2.23. The molecule has 0 N–H and O–H groups in total. The third-order valence-corrected chi connectivity index (χ3v) is 6.22. The monoisotopic (exact) mass is 365 g/mol. The van der Waals surface area contributed by atoms with Crippen LogP contribution in [0.5, 0.6) is 5.75 Å². The largest absolute Gasteiger partial charge is 0.573 e. The van der Waals surface area contributed by atoms with Crippen molar-refractivity contribution in [2.75, 3.05) is 7.05 Å². The number of hydrogen-bond donors (Lipinski definition) is 0. The minimum absolute atomic E-state index is 0.0991. The fraction of sp³-hybridized carbons (Fsp3) is 0.286. The molecule has 0 amide bonds. The van der Waals surface area contributed by atoms with Gasteiger partial charge in [0.15, 0.2) is 0 Å². The number of sulfonamides is 1. The lowest BCUT2D eigenvalue weighted by atomic mass is 10.3. The van der Waals surface area contributed by atoms with E-state index in [1.54, 1.807) is 6.92 Å². The average molecular weight is 365 g/mol. The Kier molecular flexibility index (Phi) is 5.02. The quantitative estimate of drug-likeness (QED) is 0.804. The molecule has 1 aromatic heterocycles. The summed E-state index contributed by atoms with van der Waals surface area (Å²) < 4.78 is 66.3. The SMILES string of the molecule is C[C@H](c1cccs1)N(C)S(=O)(=O)c1ccc(OC(F)(F)F)cc1. The Hall–Kier alpha value is -1.58. The van der Waals surface area contributed by atoms with Crippen molar-refractivity contribution in [3.8, 4) is 5.75 Å². The van der Waals surface area contributed by atoms with Crippen molar-refractivity contribution in [3.63, 3.8) is 0 Å². The fourth-order valence-electron chi connectivity index (χ4n) is 1.90. The molecule has 9 heteroatoms. The molecule has 23 heavy (non-hydrogen) atoms. The first-order valence-electron chi connectivity index (χ1n) is 6.48. The summed E-state index contributed by atoms with van der Waals surface area (Å²) in [5, 5.41) is 1.84. The zero-order valence-corrected chi connectivity index (χ0v) is 13.9. The number of alkyl halides is 3. The highest BCUT2D eigenvalue weighted by Gasteiger charge is 2.31. The summed E-state index contributed by atoms with van der Waals surface area (Å²) in [5.74, 6) is -0.467. The van der Waals surface area contributed by atoms with Gasteiger partial charge in [0.25, 0.3) is 0 Å². The van der Waals surface area contributed by atoms with Crippen molar-refractivity contribution in [2.24, 2.45) is 0 Å². The molecule has 4 nitrogen and oxygen atoms in total. The first-order valence-corrected chi connectivity index (χ1v) is 8.80. The van der Waals surface area contributed by atoms with Crippen LogP contribution in [0.1, 0.15) is 17.8 Å². The van der Waals surface area contributed by atoms with Gasteiger partial charge in [-0.2, -0.15) is 4.31 Å². The fourth-order valence-corrected chi connectivity index (χ4v) is 4.13. The summed E-state index contributed by atoms with van der Waals surface area (Å²) in [6.07, 6.45) is -4.81. The van der Waals surface area contributed by atoms with Gasteiger partial charge in [0.1, 0.15) is 5.75 Å². The molecule has 1 atom stereocenters. The minimum atomic E-state index is -4.81. The summed E-state index contributed by atoms with van der Waals surface area (Å²) in [5.41, 5.74) is 0. The molecule has 0 aliphatic rings. The third kappa shape index (κ3) is 4.24. The maximum atomic E-state index is 12.5. The molecule has 0 unspecified atom stereocenters. The van der Waals surface area contributed by atoms with E-state index in [9.17, 15) is 21.6 Å². The van der Waals surface area contributed by atoms with Crippen LogP contribution in [0.4, 0.5) is 13.2 Å². The smallest absolute Gasteiger partial charge is 0.406 e. The Balaban J connectivity index is 2.22. The second-order valence-corrected chi connectivity index (χ2v) is 7.71. The molecule has 1 aromatic carbocycles. The number of hydrogen-bond acceptors (Lipinski definition) is 4. The van der Waals surface area contributed by atoms with E-state index in [4.69, 9.17) is 0 Å². The van der Waals surface area contributed by atoms with Crippen LogP contribution in [0.3, 0.4) is 0 Å². The van der Waals surface area contributed by atoms with Gasteiger partial charge in [0, 0.05) is 11.9 Å². The molecule has 0 radical (unpaired) electrons. The number of thiophene rings is 1. The number of rotatable bonds is 5. The highest BCUT2D eigenvalue weighted by Crippen LogP contribution is 2.30. The maximum Gasteiger partial charge on any atom is 0.573 e.